The molecule has 0 saturated carbocycles. The highest BCUT2D eigenvalue weighted by molar-refractivity contribution is 9.10. The van der Waals surface area contributed by atoms with Gasteiger partial charge < -0.3 is 14.3 Å². The third kappa shape index (κ3) is 3.32. The van der Waals surface area contributed by atoms with Crippen LogP contribution in [0.3, 0.4) is 0 Å². The Morgan fingerprint density at radius 2 is 2.09 bits per heavy atom. The van der Waals surface area contributed by atoms with Crippen molar-refractivity contribution in [3.8, 4) is 0 Å². The van der Waals surface area contributed by atoms with E-state index in [0.717, 1.165) is 16.9 Å². The summed E-state index contributed by atoms with van der Waals surface area (Å²) < 4.78 is 8.00. The molecule has 1 aromatic carbocycles. The normalized spacial score (nSPS) is 11.3. The number of halogens is 1. The first-order chi connectivity index (χ1) is 11.1. The van der Waals surface area contributed by atoms with E-state index >= 15 is 0 Å². The Bertz CT molecular complexity index is 835. The number of amides is 1. The maximum Gasteiger partial charge on any atom is 0.287 e. The fourth-order valence-corrected chi connectivity index (χ4v) is 2.96. The van der Waals surface area contributed by atoms with Crippen molar-refractivity contribution in [2.24, 2.45) is 0 Å². The molecule has 5 nitrogen and oxygen atoms in total. The molecule has 3 aromatic rings. The van der Waals surface area contributed by atoms with Gasteiger partial charge >= 0.3 is 0 Å². The van der Waals surface area contributed by atoms with E-state index in [1.165, 1.54) is 0 Å². The molecule has 0 saturated heterocycles. The van der Waals surface area contributed by atoms with Gasteiger partial charge in [-0.15, -0.1) is 0 Å². The molecule has 0 spiro atoms. The molecule has 0 aliphatic rings. The Balaban J connectivity index is 1.72. The Kier molecular flexibility index (Phi) is 4.52. The minimum Gasteiger partial charge on any atom is -0.444 e. The molecule has 0 radical (unpaired) electrons. The Hall–Kier alpha value is -2.08. The minimum absolute atomic E-state index is 0.220. The van der Waals surface area contributed by atoms with Crippen LogP contribution < -0.4 is 5.32 Å². The van der Waals surface area contributed by atoms with Crippen LogP contribution in [0.5, 0.6) is 0 Å². The topological polar surface area (TPSA) is 60.1 Å². The van der Waals surface area contributed by atoms with Crippen LogP contribution in [0.25, 0.3) is 11.0 Å². The van der Waals surface area contributed by atoms with Crippen LogP contribution in [0, 0.1) is 0 Å². The van der Waals surface area contributed by atoms with Crippen LogP contribution in [0.1, 0.15) is 36.3 Å². The SMILES string of the molecule is CC(C)n1c(CCNC(=O)c2ccc(Br)o2)nc2ccccc21. The molecule has 0 aliphatic carbocycles. The fourth-order valence-electron chi connectivity index (χ4n) is 2.66. The van der Waals surface area contributed by atoms with E-state index in [2.05, 4.69) is 50.7 Å². The molecule has 0 atom stereocenters. The summed E-state index contributed by atoms with van der Waals surface area (Å²) >= 11 is 3.19. The van der Waals surface area contributed by atoms with E-state index in [4.69, 9.17) is 4.42 Å². The zero-order valence-corrected chi connectivity index (χ0v) is 14.6. The second-order valence-electron chi connectivity index (χ2n) is 5.59. The molecule has 120 valence electrons. The number of carbonyl (C=O) groups is 1. The van der Waals surface area contributed by atoms with E-state index in [0.29, 0.717) is 29.4 Å². The molecular weight excluding hydrogens is 358 g/mol. The fraction of sp³-hybridized carbons (Fsp3) is 0.294. The molecule has 2 aromatic heterocycles. The van der Waals surface area contributed by atoms with Gasteiger partial charge in [-0.05, 0) is 54.0 Å². The number of rotatable bonds is 5. The first-order valence-corrected chi connectivity index (χ1v) is 8.35. The van der Waals surface area contributed by atoms with Crippen LogP contribution in [-0.2, 0) is 6.42 Å². The summed E-state index contributed by atoms with van der Waals surface area (Å²) in [5.74, 6) is 1.05. The first kappa shape index (κ1) is 15.8. The number of hydrogen-bond donors (Lipinski definition) is 1. The molecule has 0 unspecified atom stereocenters. The van der Waals surface area contributed by atoms with Crippen molar-refractivity contribution in [1.82, 2.24) is 14.9 Å². The molecule has 6 heteroatoms. The maximum atomic E-state index is 12.0. The number of benzene rings is 1. The van der Waals surface area contributed by atoms with Crippen LogP contribution in [-0.4, -0.2) is 22.0 Å². The van der Waals surface area contributed by atoms with Crippen molar-refractivity contribution in [2.45, 2.75) is 26.3 Å². The van der Waals surface area contributed by atoms with Gasteiger partial charge in [0.2, 0.25) is 0 Å². The quantitative estimate of drug-likeness (QED) is 0.734. The Morgan fingerprint density at radius 1 is 1.30 bits per heavy atom. The van der Waals surface area contributed by atoms with Gasteiger partial charge in [-0.3, -0.25) is 4.79 Å². The van der Waals surface area contributed by atoms with Crippen LogP contribution in [0.15, 0.2) is 45.5 Å². The molecule has 3 rings (SSSR count). The van der Waals surface area contributed by atoms with Crippen molar-refractivity contribution in [3.05, 3.63) is 52.7 Å². The lowest BCUT2D eigenvalue weighted by molar-refractivity contribution is 0.0925. The van der Waals surface area contributed by atoms with Gasteiger partial charge in [0.15, 0.2) is 10.4 Å². The van der Waals surface area contributed by atoms with Crippen LogP contribution in [0.2, 0.25) is 0 Å². The van der Waals surface area contributed by atoms with Crippen molar-refractivity contribution in [1.29, 1.82) is 0 Å². The molecule has 1 amide bonds. The van der Waals surface area contributed by atoms with Crippen molar-refractivity contribution in [3.63, 3.8) is 0 Å². The summed E-state index contributed by atoms with van der Waals surface area (Å²) in [5.41, 5.74) is 2.11. The van der Waals surface area contributed by atoms with Crippen molar-refractivity contribution < 1.29 is 9.21 Å². The first-order valence-electron chi connectivity index (χ1n) is 7.55. The predicted octanol–water partition coefficient (Wildman–Crippen LogP) is 3.95. The summed E-state index contributed by atoms with van der Waals surface area (Å²) in [4.78, 5) is 16.7. The summed E-state index contributed by atoms with van der Waals surface area (Å²) in [7, 11) is 0. The third-order valence-electron chi connectivity index (χ3n) is 3.62. The van der Waals surface area contributed by atoms with Crippen molar-refractivity contribution in [2.75, 3.05) is 6.54 Å². The number of furan rings is 1. The zero-order chi connectivity index (χ0) is 16.4. The molecular formula is C17H18BrN3O2. The molecule has 2 heterocycles. The Morgan fingerprint density at radius 3 is 2.78 bits per heavy atom. The number of hydrogen-bond acceptors (Lipinski definition) is 3. The number of fused-ring (bicyclic) bond motifs is 1. The van der Waals surface area contributed by atoms with Gasteiger partial charge in [-0.1, -0.05) is 12.1 Å². The lowest BCUT2D eigenvalue weighted by Gasteiger charge is -2.13. The largest absolute Gasteiger partial charge is 0.444 e. The number of imidazole rings is 1. The highest BCUT2D eigenvalue weighted by Crippen LogP contribution is 2.21. The number of nitrogens with zero attached hydrogens (tertiary/aromatic N) is 2. The minimum atomic E-state index is -0.220. The highest BCUT2D eigenvalue weighted by Gasteiger charge is 2.14. The molecule has 0 bridgehead atoms. The monoisotopic (exact) mass is 375 g/mol. The van der Waals surface area contributed by atoms with Crippen LogP contribution in [0.4, 0.5) is 0 Å². The smallest absolute Gasteiger partial charge is 0.287 e. The predicted molar refractivity (Wildman–Crippen MR) is 92.6 cm³/mol. The molecule has 1 N–H and O–H groups in total. The van der Waals surface area contributed by atoms with E-state index in [1.54, 1.807) is 12.1 Å². The number of aromatic nitrogens is 2. The average molecular weight is 376 g/mol. The van der Waals surface area contributed by atoms with Crippen LogP contribution >= 0.6 is 15.9 Å². The lowest BCUT2D eigenvalue weighted by atomic mass is 10.3. The lowest BCUT2D eigenvalue weighted by Crippen LogP contribution is -2.26. The van der Waals surface area contributed by atoms with Gasteiger partial charge in [0.25, 0.3) is 5.91 Å². The number of carbonyl (C=O) groups excluding carboxylic acids is 1. The van der Waals surface area contributed by atoms with Gasteiger partial charge in [-0.25, -0.2) is 4.98 Å². The second kappa shape index (κ2) is 6.58. The van der Waals surface area contributed by atoms with Gasteiger partial charge in [0.05, 0.1) is 11.0 Å². The van der Waals surface area contributed by atoms with Gasteiger partial charge in [0.1, 0.15) is 5.82 Å². The Labute approximate surface area is 142 Å². The van der Waals surface area contributed by atoms with E-state index in [-0.39, 0.29) is 5.91 Å². The number of nitrogens with one attached hydrogen (secondary N) is 1. The third-order valence-corrected chi connectivity index (χ3v) is 4.04. The summed E-state index contributed by atoms with van der Waals surface area (Å²) in [6, 6.07) is 11.7. The highest BCUT2D eigenvalue weighted by atomic mass is 79.9. The molecule has 0 fully saturated rings. The van der Waals surface area contributed by atoms with E-state index in [9.17, 15) is 4.79 Å². The molecule has 0 aliphatic heterocycles. The maximum absolute atomic E-state index is 12.0. The van der Waals surface area contributed by atoms with E-state index < -0.39 is 0 Å². The zero-order valence-electron chi connectivity index (χ0n) is 13.0. The summed E-state index contributed by atoms with van der Waals surface area (Å²) in [6.07, 6.45) is 0.667. The number of para-hydroxylation sites is 2. The second-order valence-corrected chi connectivity index (χ2v) is 6.37. The van der Waals surface area contributed by atoms with E-state index in [1.807, 2.05) is 18.2 Å². The van der Waals surface area contributed by atoms with Crippen molar-refractivity contribution >= 4 is 32.9 Å². The van der Waals surface area contributed by atoms with Gasteiger partial charge in [0, 0.05) is 19.0 Å². The summed E-state index contributed by atoms with van der Waals surface area (Å²) in [6.45, 7) is 4.78. The van der Waals surface area contributed by atoms with Gasteiger partial charge in [-0.2, -0.15) is 0 Å². The summed E-state index contributed by atoms with van der Waals surface area (Å²) in [5, 5.41) is 2.86. The standard InChI is InChI=1S/C17H18BrN3O2/c1-11(2)21-13-6-4-3-5-12(13)20-16(21)9-10-19-17(22)14-7-8-15(18)23-14/h3-8,11H,9-10H2,1-2H3,(H,19,22). The average Bonchev–Trinajstić information content (AvgIpc) is 3.10. The molecule has 23 heavy (non-hydrogen) atoms.